The first-order valence-corrected chi connectivity index (χ1v) is 14.8. The van der Waals surface area contributed by atoms with Gasteiger partial charge in [0, 0.05) is 26.2 Å². The Morgan fingerprint density at radius 3 is 2.33 bits per heavy atom. The zero-order valence-electron chi connectivity index (χ0n) is 22.1. The molecular weight excluding hydrogens is 628 g/mol. The van der Waals surface area contributed by atoms with Crippen LogP contribution in [0.15, 0.2) is 63.6 Å². The summed E-state index contributed by atoms with van der Waals surface area (Å²) in [5.41, 5.74) is 2.24. The molecule has 0 aromatic heterocycles. The summed E-state index contributed by atoms with van der Waals surface area (Å²) in [5.74, 6) is -1.18. The third-order valence-corrected chi connectivity index (χ3v) is 9.51. The fraction of sp³-hybridized carbons (Fsp3) is 0.375. The second kappa shape index (κ2) is 11.4. The molecule has 2 aromatic rings. The number of thioether (sulfide) groups is 1. The number of nitrogens with zero attached hydrogens (tertiary/aromatic N) is 5. The molecule has 43 heavy (non-hydrogen) atoms. The van der Waals surface area contributed by atoms with Crippen molar-refractivity contribution in [2.45, 2.75) is 43.1 Å². The molecule has 1 saturated heterocycles. The number of amidine groups is 2. The summed E-state index contributed by atoms with van der Waals surface area (Å²) in [7, 11) is -4.43. The van der Waals surface area contributed by atoms with Crippen molar-refractivity contribution in [2.75, 3.05) is 19.6 Å². The number of fused-ring (bicyclic) bond motifs is 1. The number of sulfonamides is 1. The van der Waals surface area contributed by atoms with Crippen molar-refractivity contribution >= 4 is 38.0 Å². The van der Waals surface area contributed by atoms with E-state index in [0.29, 0.717) is 28.0 Å². The highest BCUT2D eigenvalue weighted by atomic mass is 32.2. The van der Waals surface area contributed by atoms with E-state index in [-0.39, 0.29) is 32.3 Å². The van der Waals surface area contributed by atoms with E-state index in [1.807, 2.05) is 6.92 Å². The minimum atomic E-state index is -4.87. The fourth-order valence-corrected chi connectivity index (χ4v) is 7.00. The fourth-order valence-electron chi connectivity index (χ4n) is 4.45. The average Bonchev–Trinajstić information content (AvgIpc) is 3.53. The van der Waals surface area contributed by atoms with Crippen LogP contribution in [0.3, 0.4) is 0 Å². The summed E-state index contributed by atoms with van der Waals surface area (Å²) < 4.78 is 108. The summed E-state index contributed by atoms with van der Waals surface area (Å²) >= 11 is 1.22. The molecule has 1 fully saturated rings. The lowest BCUT2D eigenvalue weighted by molar-refractivity contribution is -0.274. The van der Waals surface area contributed by atoms with Crippen LogP contribution in [0.1, 0.15) is 18.1 Å². The monoisotopic (exact) mass is 651 g/mol. The molecule has 1 amide bonds. The van der Waals surface area contributed by atoms with Crippen LogP contribution in [0.25, 0.3) is 0 Å². The summed E-state index contributed by atoms with van der Waals surface area (Å²) in [6.07, 6.45) is -9.75. The zero-order chi connectivity index (χ0) is 31.2. The minimum Gasteiger partial charge on any atom is -0.406 e. The third kappa shape index (κ3) is 6.77. The Balaban J connectivity index is 1.36. The van der Waals surface area contributed by atoms with E-state index in [1.165, 1.54) is 23.9 Å². The molecule has 0 bridgehead atoms. The van der Waals surface area contributed by atoms with Gasteiger partial charge in [-0.2, -0.15) is 22.6 Å². The largest absolute Gasteiger partial charge is 0.573 e. The molecule has 3 aliphatic heterocycles. The number of ether oxygens (including phenoxy) is 1. The van der Waals surface area contributed by atoms with Crippen molar-refractivity contribution < 1.29 is 44.3 Å². The van der Waals surface area contributed by atoms with Gasteiger partial charge in [0.05, 0.1) is 10.5 Å². The second-order valence-corrected chi connectivity index (χ2v) is 12.4. The Kier molecular flexibility index (Phi) is 8.16. The van der Waals surface area contributed by atoms with Crippen molar-refractivity contribution in [3.8, 4) is 5.75 Å². The van der Waals surface area contributed by atoms with Crippen LogP contribution in [0.2, 0.25) is 0 Å². The molecule has 0 saturated carbocycles. The summed E-state index contributed by atoms with van der Waals surface area (Å²) in [6.45, 7) is 1.47. The van der Waals surface area contributed by atoms with E-state index in [0.717, 1.165) is 28.6 Å². The molecule has 0 radical (unpaired) electrons. The number of piperazine rings is 1. The standard InChI is InChI=1S/C24H23F6N7O4S2/c1-14-32-33-21-37(14)34-22(42-21)35-10-11-36(43(39,40)18-8-4-16(5-9-18)23(25,26)27)19(13-35)20(38)31-12-15-2-6-17(7-3-15)41-24(28,29)30/h2-9,14,19,32H,10-13H2,1H3,(H,31,38)/t14?,19-/m1/s1. The number of alkyl halides is 6. The minimum absolute atomic E-state index is 0.124. The first-order chi connectivity index (χ1) is 20.1. The lowest BCUT2D eigenvalue weighted by atomic mass is 10.2. The first kappa shape index (κ1) is 30.7. The Hall–Kier alpha value is -3.71. The van der Waals surface area contributed by atoms with Gasteiger partial charge >= 0.3 is 12.5 Å². The van der Waals surface area contributed by atoms with Crippen molar-refractivity contribution in [3.05, 3.63) is 59.7 Å². The predicted octanol–water partition coefficient (Wildman–Crippen LogP) is 3.14. The van der Waals surface area contributed by atoms with Crippen LogP contribution in [0.5, 0.6) is 5.75 Å². The number of carbonyl (C=O) groups excluding carboxylic acids is 1. The normalized spacial score (nSPS) is 21.2. The topological polar surface area (TPSA) is 119 Å². The molecular formula is C24H23F6N7O4S2. The molecule has 11 nitrogen and oxygen atoms in total. The van der Waals surface area contributed by atoms with E-state index >= 15 is 0 Å². The number of hydrogen-bond acceptors (Lipinski definition) is 10. The Bertz CT molecular complexity index is 1530. The molecule has 3 heterocycles. The van der Waals surface area contributed by atoms with Gasteiger partial charge in [0.25, 0.3) is 0 Å². The molecule has 3 aliphatic rings. The lowest BCUT2D eigenvalue weighted by Gasteiger charge is -2.40. The van der Waals surface area contributed by atoms with E-state index in [4.69, 9.17) is 0 Å². The highest BCUT2D eigenvalue weighted by molar-refractivity contribution is 8.26. The molecule has 1 unspecified atom stereocenters. The molecule has 2 N–H and O–H groups in total. The quantitative estimate of drug-likeness (QED) is 0.458. The highest BCUT2D eigenvalue weighted by Gasteiger charge is 2.43. The summed E-state index contributed by atoms with van der Waals surface area (Å²) in [5, 5.41) is 14.0. The van der Waals surface area contributed by atoms with Crippen LogP contribution in [-0.2, 0) is 27.5 Å². The third-order valence-electron chi connectivity index (χ3n) is 6.60. The highest BCUT2D eigenvalue weighted by Crippen LogP contribution is 2.32. The average molecular weight is 652 g/mol. The maximum absolute atomic E-state index is 13.6. The maximum Gasteiger partial charge on any atom is 0.573 e. The van der Waals surface area contributed by atoms with Gasteiger partial charge in [-0.25, -0.2) is 13.4 Å². The Labute approximate surface area is 245 Å². The number of amides is 1. The predicted molar refractivity (Wildman–Crippen MR) is 143 cm³/mol. The number of rotatable bonds is 6. The van der Waals surface area contributed by atoms with Gasteiger partial charge in [-0.15, -0.1) is 18.3 Å². The van der Waals surface area contributed by atoms with Gasteiger partial charge in [-0.05, 0) is 60.6 Å². The van der Waals surface area contributed by atoms with Gasteiger partial charge in [0.15, 0.2) is 5.17 Å². The van der Waals surface area contributed by atoms with Crippen LogP contribution in [-0.4, -0.2) is 77.1 Å². The van der Waals surface area contributed by atoms with Crippen LogP contribution >= 0.6 is 11.8 Å². The molecule has 0 aliphatic carbocycles. The van der Waals surface area contributed by atoms with Gasteiger partial charge < -0.3 is 15.0 Å². The smallest absolute Gasteiger partial charge is 0.406 e. The van der Waals surface area contributed by atoms with E-state index in [1.54, 1.807) is 9.91 Å². The summed E-state index contributed by atoms with van der Waals surface area (Å²) in [4.78, 5) is 14.7. The van der Waals surface area contributed by atoms with Gasteiger partial charge in [-0.1, -0.05) is 12.1 Å². The van der Waals surface area contributed by atoms with Gasteiger partial charge in [0.1, 0.15) is 18.0 Å². The number of carbonyl (C=O) groups is 1. The molecule has 5 rings (SSSR count). The number of halogens is 6. The zero-order valence-corrected chi connectivity index (χ0v) is 23.7. The van der Waals surface area contributed by atoms with E-state index < -0.39 is 50.7 Å². The van der Waals surface area contributed by atoms with E-state index in [9.17, 15) is 39.6 Å². The van der Waals surface area contributed by atoms with Crippen LogP contribution < -0.4 is 15.5 Å². The van der Waals surface area contributed by atoms with Crippen molar-refractivity contribution in [1.29, 1.82) is 0 Å². The van der Waals surface area contributed by atoms with Gasteiger partial charge in [0.2, 0.25) is 21.1 Å². The molecule has 2 atom stereocenters. The Morgan fingerprint density at radius 1 is 1.05 bits per heavy atom. The van der Waals surface area contributed by atoms with Crippen molar-refractivity contribution in [3.63, 3.8) is 0 Å². The number of hydrogen-bond donors (Lipinski definition) is 2. The molecule has 232 valence electrons. The number of hydrazone groups is 2. The van der Waals surface area contributed by atoms with Crippen molar-refractivity contribution in [2.24, 2.45) is 10.2 Å². The SMILES string of the molecule is CC1NN=C2SC(N3CCN(S(=O)(=O)c4ccc(C(F)(F)F)cc4)[C@@H](C(=O)NCc4ccc(OC(F)(F)F)cc4)C3)=NN21. The first-order valence-electron chi connectivity index (χ1n) is 12.6. The van der Waals surface area contributed by atoms with E-state index in [2.05, 4.69) is 25.7 Å². The number of benzene rings is 2. The van der Waals surface area contributed by atoms with Crippen LogP contribution in [0.4, 0.5) is 26.3 Å². The molecule has 0 spiro atoms. The second-order valence-electron chi connectivity index (χ2n) is 9.54. The van der Waals surface area contributed by atoms with Crippen molar-refractivity contribution in [1.82, 2.24) is 25.0 Å². The van der Waals surface area contributed by atoms with Gasteiger partial charge in [-0.3, -0.25) is 10.2 Å². The lowest BCUT2D eigenvalue weighted by Crippen LogP contribution is -2.61. The molecule has 2 aromatic carbocycles. The Morgan fingerprint density at radius 2 is 1.72 bits per heavy atom. The van der Waals surface area contributed by atoms with Crippen LogP contribution in [0, 0.1) is 0 Å². The number of nitrogens with one attached hydrogen (secondary N) is 2. The molecule has 19 heteroatoms. The maximum atomic E-state index is 13.6. The summed E-state index contributed by atoms with van der Waals surface area (Å²) in [6, 6.07) is 6.39.